The molecule has 1 aliphatic carbocycles. The molecule has 0 radical (unpaired) electrons. The standard InChI is InChI=1S/C67H66N4/c1-5-7-9-11-13-17-35-67(36-18-14-12-10-8-6-2)62-38-48(4)27-33-60(62)61-34-32-56(43-63(61)67)65-44-64(55-24-20-23-54(42-55)59-26-16-15-25-58(59)53-22-19-21-47(3)37-53)70-66(71-65)52-30-28-51(29-31-52)57-40-49(45-68)39-50(41-57)46-69/h15-16,19-34,37-44H,5-14,17-18,35-36H2,1-4H3. The molecular weight excluding hydrogens is 861 g/mol. The van der Waals surface area contributed by atoms with E-state index in [1.165, 1.54) is 127 Å². The first-order valence-corrected chi connectivity index (χ1v) is 26.3. The maximum absolute atomic E-state index is 9.73. The molecule has 0 unspecified atom stereocenters. The van der Waals surface area contributed by atoms with Crippen LogP contribution in [-0.4, -0.2) is 9.97 Å². The maximum Gasteiger partial charge on any atom is 0.160 e. The van der Waals surface area contributed by atoms with Crippen LogP contribution in [0.4, 0.5) is 0 Å². The van der Waals surface area contributed by atoms with E-state index in [-0.39, 0.29) is 5.41 Å². The van der Waals surface area contributed by atoms with E-state index in [4.69, 9.17) is 9.97 Å². The molecule has 4 heteroatoms. The topological polar surface area (TPSA) is 73.4 Å². The monoisotopic (exact) mass is 927 g/mol. The minimum atomic E-state index is -0.0655. The van der Waals surface area contributed by atoms with Gasteiger partial charge in [0, 0.05) is 22.1 Å². The highest BCUT2D eigenvalue weighted by Gasteiger charge is 2.42. The van der Waals surface area contributed by atoms with Crippen LogP contribution in [-0.2, 0) is 5.41 Å². The molecule has 8 aromatic rings. The van der Waals surface area contributed by atoms with Gasteiger partial charge in [-0.3, -0.25) is 0 Å². The number of fused-ring (bicyclic) bond motifs is 3. The van der Waals surface area contributed by atoms with Crippen LogP contribution in [0, 0.1) is 36.5 Å². The molecule has 1 aromatic heterocycles. The minimum Gasteiger partial charge on any atom is -0.228 e. The Hall–Kier alpha value is -7.40. The van der Waals surface area contributed by atoms with Gasteiger partial charge in [0.05, 0.1) is 34.7 Å². The molecule has 71 heavy (non-hydrogen) atoms. The molecule has 0 N–H and O–H groups in total. The number of hydrogen-bond acceptors (Lipinski definition) is 4. The summed E-state index contributed by atoms with van der Waals surface area (Å²) in [5, 5.41) is 19.5. The number of aryl methyl sites for hydroxylation is 2. The second-order valence-electron chi connectivity index (χ2n) is 20.0. The van der Waals surface area contributed by atoms with Crippen molar-refractivity contribution in [2.24, 2.45) is 0 Å². The van der Waals surface area contributed by atoms with Crippen molar-refractivity contribution < 1.29 is 0 Å². The van der Waals surface area contributed by atoms with Gasteiger partial charge in [0.1, 0.15) is 0 Å². The summed E-state index contributed by atoms with van der Waals surface area (Å²) in [4.78, 5) is 10.8. The molecule has 9 rings (SSSR count). The zero-order chi connectivity index (χ0) is 49.2. The van der Waals surface area contributed by atoms with Gasteiger partial charge in [0.25, 0.3) is 0 Å². The Balaban J connectivity index is 1.17. The predicted molar refractivity (Wildman–Crippen MR) is 296 cm³/mol. The number of unbranched alkanes of at least 4 members (excludes halogenated alkanes) is 10. The quantitative estimate of drug-likeness (QED) is 0.0714. The first-order valence-electron chi connectivity index (χ1n) is 26.3. The van der Waals surface area contributed by atoms with Crippen molar-refractivity contribution in [2.45, 2.75) is 123 Å². The number of hydrogen-bond donors (Lipinski definition) is 0. The van der Waals surface area contributed by atoms with Crippen molar-refractivity contribution >= 4 is 0 Å². The minimum absolute atomic E-state index is 0.0655. The van der Waals surface area contributed by atoms with Crippen LogP contribution in [0.25, 0.3) is 78.4 Å². The van der Waals surface area contributed by atoms with E-state index < -0.39 is 0 Å². The Morgan fingerprint density at radius 2 is 0.873 bits per heavy atom. The number of nitriles is 2. The van der Waals surface area contributed by atoms with Gasteiger partial charge in [0.2, 0.25) is 0 Å². The lowest BCUT2D eigenvalue weighted by Crippen LogP contribution is -2.25. The Labute approximate surface area is 423 Å². The largest absolute Gasteiger partial charge is 0.228 e. The van der Waals surface area contributed by atoms with E-state index in [9.17, 15) is 10.5 Å². The van der Waals surface area contributed by atoms with Crippen LogP contribution in [0.5, 0.6) is 0 Å². The molecule has 0 spiro atoms. The summed E-state index contributed by atoms with van der Waals surface area (Å²) in [5.74, 6) is 0.642. The lowest BCUT2D eigenvalue weighted by atomic mass is 9.70. The van der Waals surface area contributed by atoms with E-state index in [0.29, 0.717) is 17.0 Å². The number of aromatic nitrogens is 2. The summed E-state index contributed by atoms with van der Waals surface area (Å²) < 4.78 is 0. The lowest BCUT2D eigenvalue weighted by molar-refractivity contribution is 0.398. The molecule has 0 fully saturated rings. The summed E-state index contributed by atoms with van der Waals surface area (Å²) in [6.07, 6.45) is 17.7. The lowest BCUT2D eigenvalue weighted by Gasteiger charge is -2.33. The van der Waals surface area contributed by atoms with Crippen molar-refractivity contribution in [1.29, 1.82) is 10.5 Å². The van der Waals surface area contributed by atoms with E-state index in [0.717, 1.165) is 57.6 Å². The highest BCUT2D eigenvalue weighted by Crippen LogP contribution is 2.55. The Morgan fingerprint density at radius 3 is 1.48 bits per heavy atom. The van der Waals surface area contributed by atoms with E-state index in [1.807, 2.05) is 24.3 Å². The number of rotatable bonds is 20. The Bertz CT molecular complexity index is 3190. The highest BCUT2D eigenvalue weighted by molar-refractivity contribution is 5.87. The fraction of sp³-hybridized carbons (Fsp3) is 0.284. The number of nitrogens with zero attached hydrogens (tertiary/aromatic N) is 4. The molecule has 0 bridgehead atoms. The SMILES string of the molecule is CCCCCCCCC1(CCCCCCCC)c2cc(C)ccc2-c2ccc(-c3cc(-c4cccc(-c5ccccc5-c5cccc(C)c5)c4)nc(-c4ccc(-c5cc(C#N)cc(C#N)c5)cc4)n3)cc21. The van der Waals surface area contributed by atoms with Gasteiger partial charge in [0.15, 0.2) is 5.82 Å². The summed E-state index contributed by atoms with van der Waals surface area (Å²) in [7, 11) is 0. The first kappa shape index (κ1) is 48.6. The first-order chi connectivity index (χ1) is 34.8. The predicted octanol–water partition coefficient (Wildman–Crippen LogP) is 18.6. The Kier molecular flexibility index (Phi) is 15.5. The van der Waals surface area contributed by atoms with Crippen LogP contribution >= 0.6 is 0 Å². The van der Waals surface area contributed by atoms with E-state index >= 15 is 0 Å². The van der Waals surface area contributed by atoms with Crippen molar-refractivity contribution in [3.05, 3.63) is 191 Å². The molecule has 0 atom stereocenters. The zero-order valence-electron chi connectivity index (χ0n) is 42.2. The molecule has 0 aliphatic heterocycles. The van der Waals surface area contributed by atoms with Crippen LogP contribution < -0.4 is 0 Å². The molecule has 0 saturated carbocycles. The fourth-order valence-electron chi connectivity index (χ4n) is 11.1. The third-order valence-corrected chi connectivity index (χ3v) is 14.8. The highest BCUT2D eigenvalue weighted by atomic mass is 14.9. The van der Waals surface area contributed by atoms with Crippen LogP contribution in [0.15, 0.2) is 158 Å². The number of benzene rings is 7. The molecule has 7 aromatic carbocycles. The van der Waals surface area contributed by atoms with Gasteiger partial charge in [-0.1, -0.05) is 223 Å². The van der Waals surface area contributed by atoms with Gasteiger partial charge < -0.3 is 0 Å². The molecule has 0 saturated heterocycles. The van der Waals surface area contributed by atoms with Crippen LogP contribution in [0.2, 0.25) is 0 Å². The molecule has 4 nitrogen and oxygen atoms in total. The van der Waals surface area contributed by atoms with Crippen LogP contribution in [0.3, 0.4) is 0 Å². The second kappa shape index (κ2) is 22.6. The zero-order valence-corrected chi connectivity index (χ0v) is 42.2. The van der Waals surface area contributed by atoms with Crippen molar-refractivity contribution in [3.63, 3.8) is 0 Å². The van der Waals surface area contributed by atoms with Gasteiger partial charge in [-0.25, -0.2) is 9.97 Å². The third-order valence-electron chi connectivity index (χ3n) is 14.8. The third kappa shape index (κ3) is 10.8. The van der Waals surface area contributed by atoms with Gasteiger partial charge in [-0.15, -0.1) is 0 Å². The second-order valence-corrected chi connectivity index (χ2v) is 20.0. The summed E-state index contributed by atoms with van der Waals surface area (Å²) in [5.41, 5.74) is 20.3. The maximum atomic E-state index is 9.73. The Morgan fingerprint density at radius 1 is 0.380 bits per heavy atom. The summed E-state index contributed by atoms with van der Waals surface area (Å²) in [6.45, 7) is 9.01. The van der Waals surface area contributed by atoms with Crippen molar-refractivity contribution in [1.82, 2.24) is 9.97 Å². The van der Waals surface area contributed by atoms with Crippen LogP contribution in [0.1, 0.15) is 137 Å². The molecule has 1 heterocycles. The average molecular weight is 927 g/mol. The fourth-order valence-corrected chi connectivity index (χ4v) is 11.1. The van der Waals surface area contributed by atoms with E-state index in [2.05, 4.69) is 167 Å². The molecule has 1 aliphatic rings. The van der Waals surface area contributed by atoms with Gasteiger partial charge in [-0.05, 0) is 119 Å². The normalized spacial score (nSPS) is 12.3. The summed E-state index contributed by atoms with van der Waals surface area (Å²) >= 11 is 0. The molecule has 0 amide bonds. The average Bonchev–Trinajstić information content (AvgIpc) is 3.67. The van der Waals surface area contributed by atoms with Crippen molar-refractivity contribution in [3.8, 4) is 90.5 Å². The van der Waals surface area contributed by atoms with Gasteiger partial charge in [-0.2, -0.15) is 10.5 Å². The van der Waals surface area contributed by atoms with Crippen molar-refractivity contribution in [2.75, 3.05) is 0 Å². The molecular formula is C67H66N4. The smallest absolute Gasteiger partial charge is 0.160 e. The summed E-state index contributed by atoms with van der Waals surface area (Å²) in [6, 6.07) is 60.7. The van der Waals surface area contributed by atoms with E-state index in [1.54, 1.807) is 6.07 Å². The van der Waals surface area contributed by atoms with Gasteiger partial charge >= 0.3 is 0 Å². The molecule has 354 valence electrons.